The minimum Gasteiger partial charge on any atom is -0.481 e. The monoisotopic (exact) mass is 270 g/mol. The Morgan fingerprint density at radius 3 is 2.00 bits per heavy atom. The smallest absolute Gasteiger partial charge is 0.303 e. The van der Waals surface area contributed by atoms with E-state index in [1.807, 2.05) is 0 Å². The summed E-state index contributed by atoms with van der Waals surface area (Å²) in [7, 11) is 0. The third-order valence-electron chi connectivity index (χ3n) is 4.43. The maximum Gasteiger partial charge on any atom is 0.303 e. The molecule has 0 aliphatic heterocycles. The van der Waals surface area contributed by atoms with Crippen LogP contribution >= 0.6 is 0 Å². The molecule has 0 aromatic carbocycles. The quantitative estimate of drug-likeness (QED) is 0.659. The lowest BCUT2D eigenvalue weighted by atomic mass is 9.66. The lowest BCUT2D eigenvalue weighted by Gasteiger charge is -2.38. The molecule has 1 rings (SSSR count). The summed E-state index contributed by atoms with van der Waals surface area (Å²) < 4.78 is 0. The van der Waals surface area contributed by atoms with Gasteiger partial charge in [-0.2, -0.15) is 0 Å². The average molecular weight is 270 g/mol. The second-order valence-corrected chi connectivity index (χ2v) is 6.08. The topological polar surface area (TPSA) is 74.6 Å². The van der Waals surface area contributed by atoms with Gasteiger partial charge in [-0.15, -0.1) is 0 Å². The average Bonchev–Trinajstić information content (AvgIpc) is 2.30. The summed E-state index contributed by atoms with van der Waals surface area (Å²) in [5.74, 6) is -1.07. The highest BCUT2D eigenvalue weighted by Gasteiger charge is 2.38. The molecule has 2 N–H and O–H groups in total. The van der Waals surface area contributed by atoms with E-state index in [1.54, 1.807) is 0 Å². The Labute approximate surface area is 115 Å². The molecule has 0 heterocycles. The fraction of sp³-hybridized carbons (Fsp3) is 0.867. The van der Waals surface area contributed by atoms with E-state index in [9.17, 15) is 9.59 Å². The third-order valence-corrected chi connectivity index (χ3v) is 4.43. The molecule has 0 spiro atoms. The van der Waals surface area contributed by atoms with Crippen LogP contribution in [0.25, 0.3) is 0 Å². The van der Waals surface area contributed by atoms with Gasteiger partial charge in [-0.05, 0) is 37.0 Å². The second-order valence-electron chi connectivity index (χ2n) is 6.08. The van der Waals surface area contributed by atoms with Crippen molar-refractivity contribution in [3.05, 3.63) is 0 Å². The first-order valence-electron chi connectivity index (χ1n) is 7.41. The Hall–Kier alpha value is -1.06. The van der Waals surface area contributed by atoms with E-state index in [0.717, 1.165) is 25.7 Å². The zero-order valence-corrected chi connectivity index (χ0v) is 11.9. The number of aliphatic carboxylic acids is 2. The molecule has 1 fully saturated rings. The van der Waals surface area contributed by atoms with Gasteiger partial charge >= 0.3 is 11.9 Å². The van der Waals surface area contributed by atoms with Crippen molar-refractivity contribution in [2.24, 2.45) is 11.3 Å². The first-order valence-corrected chi connectivity index (χ1v) is 7.41. The number of rotatable bonds is 8. The number of carboxylic acids is 2. The molecule has 110 valence electrons. The van der Waals surface area contributed by atoms with Crippen molar-refractivity contribution < 1.29 is 19.8 Å². The number of carboxylic acid groups (broad SMARTS) is 2. The van der Waals surface area contributed by atoms with Crippen molar-refractivity contribution >= 4 is 11.9 Å². The lowest BCUT2D eigenvalue weighted by molar-refractivity contribution is -0.145. The zero-order chi connectivity index (χ0) is 14.3. The Morgan fingerprint density at radius 1 is 1.05 bits per heavy atom. The molecule has 1 saturated carbocycles. The highest BCUT2D eigenvalue weighted by atomic mass is 16.4. The Balaban J connectivity index is 2.48. The molecule has 0 saturated heterocycles. The van der Waals surface area contributed by atoms with Crippen molar-refractivity contribution in [2.75, 3.05) is 0 Å². The summed E-state index contributed by atoms with van der Waals surface area (Å²) in [6.07, 6.45) is 8.41. The predicted octanol–water partition coefficient (Wildman–Crippen LogP) is 3.69. The van der Waals surface area contributed by atoms with Gasteiger partial charge < -0.3 is 10.2 Å². The van der Waals surface area contributed by atoms with Crippen LogP contribution in [-0.4, -0.2) is 22.2 Å². The van der Waals surface area contributed by atoms with Crippen LogP contribution in [0.3, 0.4) is 0 Å². The van der Waals surface area contributed by atoms with Gasteiger partial charge in [0.2, 0.25) is 0 Å². The molecular weight excluding hydrogens is 244 g/mol. The van der Waals surface area contributed by atoms with Crippen molar-refractivity contribution in [2.45, 2.75) is 71.1 Å². The number of hydrogen-bond donors (Lipinski definition) is 2. The van der Waals surface area contributed by atoms with Crippen LogP contribution < -0.4 is 0 Å². The van der Waals surface area contributed by atoms with Gasteiger partial charge in [0.15, 0.2) is 0 Å². The first-order chi connectivity index (χ1) is 8.97. The maximum absolute atomic E-state index is 11.0. The molecule has 0 unspecified atom stereocenters. The zero-order valence-electron chi connectivity index (χ0n) is 11.9. The fourth-order valence-corrected chi connectivity index (χ4v) is 3.32. The first kappa shape index (κ1) is 16.0. The van der Waals surface area contributed by atoms with E-state index < -0.39 is 17.4 Å². The van der Waals surface area contributed by atoms with Crippen molar-refractivity contribution in [3.63, 3.8) is 0 Å². The molecule has 1 aliphatic rings. The van der Waals surface area contributed by atoms with Crippen LogP contribution in [0.5, 0.6) is 0 Å². The summed E-state index contributed by atoms with van der Waals surface area (Å²) >= 11 is 0. The fourth-order valence-electron chi connectivity index (χ4n) is 3.32. The lowest BCUT2D eigenvalue weighted by Crippen LogP contribution is -2.32. The molecule has 0 amide bonds. The van der Waals surface area contributed by atoms with Gasteiger partial charge in [-0.25, -0.2) is 0 Å². The van der Waals surface area contributed by atoms with Crippen LogP contribution in [0, 0.1) is 11.3 Å². The minimum atomic E-state index is -0.870. The molecule has 19 heavy (non-hydrogen) atoms. The molecule has 4 heteroatoms. The molecule has 0 radical (unpaired) electrons. The largest absolute Gasteiger partial charge is 0.481 e. The molecule has 0 bridgehead atoms. The maximum atomic E-state index is 11.0. The summed E-state index contributed by atoms with van der Waals surface area (Å²) in [6.45, 7) is 2.19. The minimum absolute atomic E-state index is 0.000972. The standard InChI is InChI=1S/C15H26O4/c1-2-3-4-5-12-6-8-15(9-7-12,10-13(16)17)11-14(18)19/h12H,2-11H2,1H3,(H,16,17)(H,18,19). The molecule has 1 aliphatic carbocycles. The normalized spacial score (nSPS) is 19.2. The number of carbonyl (C=O) groups is 2. The van der Waals surface area contributed by atoms with E-state index in [4.69, 9.17) is 10.2 Å². The summed E-state index contributed by atoms with van der Waals surface area (Å²) in [6, 6.07) is 0. The van der Waals surface area contributed by atoms with Gasteiger partial charge in [-0.3, -0.25) is 9.59 Å². The Bertz CT molecular complexity index is 285. The highest BCUT2D eigenvalue weighted by molar-refractivity contribution is 5.72. The summed E-state index contributed by atoms with van der Waals surface area (Å²) in [4.78, 5) is 21.9. The van der Waals surface area contributed by atoms with Gasteiger partial charge in [0.1, 0.15) is 0 Å². The van der Waals surface area contributed by atoms with Crippen molar-refractivity contribution in [1.29, 1.82) is 0 Å². The van der Waals surface area contributed by atoms with Gasteiger partial charge in [0.05, 0.1) is 12.8 Å². The highest BCUT2D eigenvalue weighted by Crippen LogP contribution is 2.45. The van der Waals surface area contributed by atoms with Gasteiger partial charge in [-0.1, -0.05) is 32.6 Å². The molecular formula is C15H26O4. The van der Waals surface area contributed by atoms with Gasteiger partial charge in [0, 0.05) is 0 Å². The molecule has 0 atom stereocenters. The summed E-state index contributed by atoms with van der Waals surface area (Å²) in [5.41, 5.74) is -0.501. The number of unbranched alkanes of at least 4 members (excludes halogenated alkanes) is 2. The van der Waals surface area contributed by atoms with Crippen molar-refractivity contribution in [1.82, 2.24) is 0 Å². The van der Waals surface area contributed by atoms with E-state index in [1.165, 1.54) is 25.7 Å². The van der Waals surface area contributed by atoms with Crippen LogP contribution in [0.2, 0.25) is 0 Å². The molecule has 0 aromatic rings. The van der Waals surface area contributed by atoms with Crippen LogP contribution in [0.1, 0.15) is 71.1 Å². The van der Waals surface area contributed by atoms with Crippen LogP contribution in [0.15, 0.2) is 0 Å². The van der Waals surface area contributed by atoms with E-state index in [-0.39, 0.29) is 12.8 Å². The second kappa shape index (κ2) is 7.51. The molecule has 4 nitrogen and oxygen atoms in total. The number of hydrogen-bond acceptors (Lipinski definition) is 2. The summed E-state index contributed by atoms with van der Waals surface area (Å²) in [5, 5.41) is 18.0. The predicted molar refractivity (Wildman–Crippen MR) is 73.0 cm³/mol. The Morgan fingerprint density at radius 2 is 1.58 bits per heavy atom. The van der Waals surface area contributed by atoms with E-state index >= 15 is 0 Å². The van der Waals surface area contributed by atoms with Gasteiger partial charge in [0.25, 0.3) is 0 Å². The SMILES string of the molecule is CCCCCC1CCC(CC(=O)O)(CC(=O)O)CC1. The molecule has 0 aromatic heterocycles. The van der Waals surface area contributed by atoms with Crippen molar-refractivity contribution in [3.8, 4) is 0 Å². The van der Waals surface area contributed by atoms with E-state index in [2.05, 4.69) is 6.92 Å². The van der Waals surface area contributed by atoms with E-state index in [0.29, 0.717) is 5.92 Å². The third kappa shape index (κ3) is 5.62. The van der Waals surface area contributed by atoms with Crippen LogP contribution in [0.4, 0.5) is 0 Å². The van der Waals surface area contributed by atoms with Crippen LogP contribution in [-0.2, 0) is 9.59 Å². The Kier molecular flexibility index (Phi) is 6.32.